The van der Waals surface area contributed by atoms with Gasteiger partial charge in [0.05, 0.1) is 6.26 Å². The van der Waals surface area contributed by atoms with Crippen LogP contribution in [0.1, 0.15) is 12.7 Å². The molecule has 0 bridgehead atoms. The van der Waals surface area contributed by atoms with E-state index in [0.29, 0.717) is 16.5 Å². The fraction of sp³-hybridized carbons (Fsp3) is 0.125. The van der Waals surface area contributed by atoms with Crippen LogP contribution in [0.15, 0.2) is 53.2 Å². The maximum absolute atomic E-state index is 11.9. The zero-order chi connectivity index (χ0) is 15.9. The average molecular weight is 320 g/mol. The second-order valence-electron chi connectivity index (χ2n) is 4.42. The molecule has 0 aliphatic heterocycles. The van der Waals surface area contributed by atoms with Gasteiger partial charge in [0, 0.05) is 16.8 Å². The van der Waals surface area contributed by atoms with Crippen molar-refractivity contribution in [1.29, 1.82) is 0 Å². The summed E-state index contributed by atoms with van der Waals surface area (Å²) in [6.07, 6.45) is 3.23. The van der Waals surface area contributed by atoms with Gasteiger partial charge in [-0.05, 0) is 49.4 Å². The van der Waals surface area contributed by atoms with E-state index in [0.717, 1.165) is 0 Å². The third-order valence-electron chi connectivity index (χ3n) is 2.70. The van der Waals surface area contributed by atoms with Crippen molar-refractivity contribution in [2.24, 2.45) is 0 Å². The number of esters is 1. The van der Waals surface area contributed by atoms with E-state index < -0.39 is 18.0 Å². The molecule has 22 heavy (non-hydrogen) atoms. The van der Waals surface area contributed by atoms with Crippen molar-refractivity contribution in [3.63, 3.8) is 0 Å². The molecule has 2 rings (SSSR count). The van der Waals surface area contributed by atoms with Gasteiger partial charge in [-0.25, -0.2) is 4.79 Å². The Morgan fingerprint density at radius 1 is 1.27 bits per heavy atom. The third-order valence-corrected chi connectivity index (χ3v) is 2.95. The van der Waals surface area contributed by atoms with E-state index in [2.05, 4.69) is 5.32 Å². The normalized spacial score (nSPS) is 12.1. The second-order valence-corrected chi connectivity index (χ2v) is 4.86. The van der Waals surface area contributed by atoms with Crippen molar-refractivity contribution in [3.05, 3.63) is 59.5 Å². The summed E-state index contributed by atoms with van der Waals surface area (Å²) in [5.74, 6) is -0.535. The molecule has 1 atom stereocenters. The highest BCUT2D eigenvalue weighted by atomic mass is 35.5. The number of anilines is 1. The minimum atomic E-state index is -0.926. The van der Waals surface area contributed by atoms with Crippen LogP contribution in [0.5, 0.6) is 0 Å². The predicted molar refractivity (Wildman–Crippen MR) is 83.4 cm³/mol. The summed E-state index contributed by atoms with van der Waals surface area (Å²) >= 11 is 5.76. The molecule has 1 N–H and O–H groups in total. The van der Waals surface area contributed by atoms with E-state index in [1.54, 1.807) is 36.4 Å². The van der Waals surface area contributed by atoms with Gasteiger partial charge in [0.25, 0.3) is 5.91 Å². The van der Waals surface area contributed by atoms with Crippen LogP contribution in [-0.4, -0.2) is 18.0 Å². The molecule has 0 saturated heterocycles. The number of nitrogens with one attached hydrogen (secondary N) is 1. The summed E-state index contributed by atoms with van der Waals surface area (Å²) in [4.78, 5) is 23.5. The molecule has 0 radical (unpaired) electrons. The van der Waals surface area contributed by atoms with Gasteiger partial charge in [-0.15, -0.1) is 0 Å². The molecule has 0 aliphatic carbocycles. The molecule has 1 heterocycles. The molecule has 0 spiro atoms. The molecule has 1 amide bonds. The molecule has 1 aromatic heterocycles. The van der Waals surface area contributed by atoms with Crippen molar-refractivity contribution in [3.8, 4) is 0 Å². The van der Waals surface area contributed by atoms with Crippen molar-refractivity contribution in [2.45, 2.75) is 13.0 Å². The summed E-state index contributed by atoms with van der Waals surface area (Å²) in [6.45, 7) is 1.49. The maximum Gasteiger partial charge on any atom is 0.331 e. The number of benzene rings is 1. The summed E-state index contributed by atoms with van der Waals surface area (Å²) in [5, 5.41) is 3.20. The van der Waals surface area contributed by atoms with Crippen LogP contribution in [0.4, 0.5) is 5.69 Å². The first kappa shape index (κ1) is 15.9. The van der Waals surface area contributed by atoms with Gasteiger partial charge in [0.2, 0.25) is 0 Å². The molecule has 0 saturated carbocycles. The van der Waals surface area contributed by atoms with Gasteiger partial charge in [0.1, 0.15) is 5.76 Å². The Balaban J connectivity index is 1.85. The zero-order valence-electron chi connectivity index (χ0n) is 11.8. The second kappa shape index (κ2) is 7.47. The molecule has 5 nitrogen and oxygen atoms in total. The molecule has 0 aliphatic rings. The van der Waals surface area contributed by atoms with Crippen LogP contribution in [0.2, 0.25) is 5.02 Å². The largest absolute Gasteiger partial charge is 0.465 e. The molecule has 6 heteroatoms. The van der Waals surface area contributed by atoms with Crippen LogP contribution in [-0.2, 0) is 14.3 Å². The lowest BCUT2D eigenvalue weighted by Crippen LogP contribution is -2.29. The molecule has 1 aromatic carbocycles. The molecular formula is C16H14ClNO4. The Bertz CT molecular complexity index is 662. The summed E-state index contributed by atoms with van der Waals surface area (Å²) < 4.78 is 10.0. The van der Waals surface area contributed by atoms with Gasteiger partial charge < -0.3 is 14.5 Å². The number of hydrogen-bond donors (Lipinski definition) is 1. The number of ether oxygens (including phenoxy) is 1. The number of amides is 1. The lowest BCUT2D eigenvalue weighted by atomic mass is 10.3. The highest BCUT2D eigenvalue weighted by Gasteiger charge is 2.16. The number of rotatable bonds is 5. The highest BCUT2D eigenvalue weighted by Crippen LogP contribution is 2.14. The van der Waals surface area contributed by atoms with Crippen molar-refractivity contribution >= 4 is 35.2 Å². The quantitative estimate of drug-likeness (QED) is 0.676. The SMILES string of the molecule is C[C@@H](OC(=O)C=Cc1ccco1)C(=O)Nc1ccc(Cl)cc1. The number of halogens is 1. The number of carbonyl (C=O) groups is 2. The number of carbonyl (C=O) groups excluding carboxylic acids is 2. The topological polar surface area (TPSA) is 68.5 Å². The molecule has 2 aromatic rings. The molecular weight excluding hydrogens is 306 g/mol. The Hall–Kier alpha value is -2.53. The van der Waals surface area contributed by atoms with Gasteiger partial charge in [-0.1, -0.05) is 11.6 Å². The summed E-state index contributed by atoms with van der Waals surface area (Å²) in [7, 11) is 0. The highest BCUT2D eigenvalue weighted by molar-refractivity contribution is 6.30. The summed E-state index contributed by atoms with van der Waals surface area (Å²) in [5.41, 5.74) is 0.573. The lowest BCUT2D eigenvalue weighted by Gasteiger charge is -2.12. The van der Waals surface area contributed by atoms with E-state index in [1.165, 1.54) is 25.3 Å². The smallest absolute Gasteiger partial charge is 0.331 e. The summed E-state index contributed by atoms with van der Waals surface area (Å²) in [6, 6.07) is 10.0. The third kappa shape index (κ3) is 4.79. The van der Waals surface area contributed by atoms with Crippen LogP contribution in [0.25, 0.3) is 6.08 Å². The van der Waals surface area contributed by atoms with E-state index in [9.17, 15) is 9.59 Å². The van der Waals surface area contributed by atoms with Crippen LogP contribution >= 0.6 is 11.6 Å². The van der Waals surface area contributed by atoms with Crippen LogP contribution in [0.3, 0.4) is 0 Å². The van der Waals surface area contributed by atoms with E-state index in [1.807, 2.05) is 0 Å². The molecule has 0 fully saturated rings. The number of furan rings is 1. The van der Waals surface area contributed by atoms with E-state index in [4.69, 9.17) is 20.8 Å². The Morgan fingerprint density at radius 2 is 2.00 bits per heavy atom. The average Bonchev–Trinajstić information content (AvgIpc) is 3.01. The van der Waals surface area contributed by atoms with Crippen molar-refractivity contribution < 1.29 is 18.7 Å². The minimum Gasteiger partial charge on any atom is -0.465 e. The van der Waals surface area contributed by atoms with Crippen molar-refractivity contribution in [1.82, 2.24) is 0 Å². The fourth-order valence-corrected chi connectivity index (χ4v) is 1.71. The zero-order valence-corrected chi connectivity index (χ0v) is 12.5. The Morgan fingerprint density at radius 3 is 2.64 bits per heavy atom. The maximum atomic E-state index is 11.9. The lowest BCUT2D eigenvalue weighted by molar-refractivity contribution is -0.148. The van der Waals surface area contributed by atoms with Crippen molar-refractivity contribution in [2.75, 3.05) is 5.32 Å². The first-order valence-electron chi connectivity index (χ1n) is 6.53. The van der Waals surface area contributed by atoms with Crippen LogP contribution < -0.4 is 5.32 Å². The standard InChI is InChI=1S/C16H14ClNO4/c1-11(16(20)18-13-6-4-12(17)5-7-13)22-15(19)9-8-14-3-2-10-21-14/h2-11H,1H3,(H,18,20)/t11-/m1/s1. The first-order chi connectivity index (χ1) is 10.5. The van der Waals surface area contributed by atoms with Gasteiger partial charge in [0.15, 0.2) is 6.10 Å². The first-order valence-corrected chi connectivity index (χ1v) is 6.91. The molecule has 114 valence electrons. The monoisotopic (exact) mass is 319 g/mol. The van der Waals surface area contributed by atoms with Crippen LogP contribution in [0, 0.1) is 0 Å². The van der Waals surface area contributed by atoms with E-state index >= 15 is 0 Å². The molecule has 0 unspecified atom stereocenters. The van der Waals surface area contributed by atoms with Gasteiger partial charge in [-0.2, -0.15) is 0 Å². The van der Waals surface area contributed by atoms with Gasteiger partial charge >= 0.3 is 5.97 Å². The predicted octanol–water partition coefficient (Wildman–Crippen LogP) is 3.52. The fourth-order valence-electron chi connectivity index (χ4n) is 1.58. The van der Waals surface area contributed by atoms with E-state index in [-0.39, 0.29) is 0 Å². The minimum absolute atomic E-state index is 0.429. The Labute approximate surface area is 132 Å². The number of hydrogen-bond acceptors (Lipinski definition) is 4. The Kier molecular flexibility index (Phi) is 5.38. The van der Waals surface area contributed by atoms with Gasteiger partial charge in [-0.3, -0.25) is 4.79 Å².